The summed E-state index contributed by atoms with van der Waals surface area (Å²) in [5, 5.41) is 9.38. The molecule has 40 heavy (non-hydrogen) atoms. The van der Waals surface area contributed by atoms with Crippen LogP contribution in [0.2, 0.25) is 0 Å². The van der Waals surface area contributed by atoms with Crippen LogP contribution in [0, 0.1) is 0 Å². The van der Waals surface area contributed by atoms with Crippen molar-refractivity contribution in [3.63, 3.8) is 0 Å². The van der Waals surface area contributed by atoms with Crippen molar-refractivity contribution in [2.75, 3.05) is 62.5 Å². The van der Waals surface area contributed by atoms with Gasteiger partial charge < -0.3 is 30.3 Å². The summed E-state index contributed by atoms with van der Waals surface area (Å²) in [4.78, 5) is 39.1. The van der Waals surface area contributed by atoms with Gasteiger partial charge in [0.15, 0.2) is 22.8 Å². The van der Waals surface area contributed by atoms with Crippen molar-refractivity contribution < 1.29 is 27.8 Å². The summed E-state index contributed by atoms with van der Waals surface area (Å²) in [6, 6.07) is -0.771. The first kappa shape index (κ1) is 29.4. The highest BCUT2D eigenvalue weighted by atomic mass is 19.4. The fourth-order valence-electron chi connectivity index (χ4n) is 5.12. The van der Waals surface area contributed by atoms with E-state index in [1.807, 2.05) is 4.90 Å². The molecule has 16 heteroatoms. The van der Waals surface area contributed by atoms with E-state index in [2.05, 4.69) is 31.7 Å². The number of piperazine rings is 1. The number of aliphatic hydroxyl groups excluding tert-OH is 1. The zero-order valence-corrected chi connectivity index (χ0v) is 22.4. The van der Waals surface area contributed by atoms with Gasteiger partial charge in [-0.3, -0.25) is 19.3 Å². The van der Waals surface area contributed by atoms with Crippen LogP contribution >= 0.6 is 0 Å². The Morgan fingerprint density at radius 2 is 1.85 bits per heavy atom. The molecule has 2 fully saturated rings. The fraction of sp³-hybridized carbons (Fsp3) is 0.583. The predicted molar refractivity (Wildman–Crippen MR) is 145 cm³/mol. The number of morpholine rings is 1. The molecule has 2 aromatic rings. The lowest BCUT2D eigenvalue weighted by Crippen LogP contribution is -2.59. The Morgan fingerprint density at radius 1 is 1.18 bits per heavy atom. The molecule has 4 rings (SSSR count). The van der Waals surface area contributed by atoms with E-state index in [4.69, 9.17) is 10.5 Å². The van der Waals surface area contributed by atoms with Gasteiger partial charge in [-0.2, -0.15) is 13.2 Å². The second kappa shape index (κ2) is 12.3. The minimum atomic E-state index is -4.58. The third-order valence-electron chi connectivity index (χ3n) is 6.65. The van der Waals surface area contributed by atoms with Crippen molar-refractivity contribution in [2.24, 2.45) is 15.7 Å². The van der Waals surface area contributed by atoms with Crippen LogP contribution in [0.5, 0.6) is 0 Å². The van der Waals surface area contributed by atoms with Crippen LogP contribution in [0.4, 0.5) is 24.9 Å². The highest BCUT2D eigenvalue weighted by Crippen LogP contribution is 2.34. The van der Waals surface area contributed by atoms with Gasteiger partial charge >= 0.3 is 6.18 Å². The van der Waals surface area contributed by atoms with Gasteiger partial charge in [0.25, 0.3) is 0 Å². The average Bonchev–Trinajstić information content (AvgIpc) is 3.27. The standard InChI is InChI=1S/C24H33F3N10O3/c1-15-10-35(11-16(2)37(15)18(39)12-38)23-31-19-21(34-4-6-40-7-5-34)32-20(17(8-29-3)9-30-14-28)33-22(19)36(23)13-24(25,26)27/h8-9,15-16,38H,3-7,10-14,28H2,1-2H3/b17-8+,30-9-. The molecule has 0 spiro atoms. The maximum Gasteiger partial charge on any atom is 0.406 e. The predicted octanol–water partition coefficient (Wildman–Crippen LogP) is 0.672. The third-order valence-corrected chi connectivity index (χ3v) is 6.65. The second-order valence-electron chi connectivity index (χ2n) is 9.58. The van der Waals surface area contributed by atoms with Crippen molar-refractivity contribution in [1.29, 1.82) is 0 Å². The molecule has 0 aromatic carbocycles. The van der Waals surface area contributed by atoms with E-state index in [1.54, 1.807) is 23.6 Å². The van der Waals surface area contributed by atoms with E-state index < -0.39 is 25.2 Å². The molecule has 4 heterocycles. The number of hydrogen-bond donors (Lipinski definition) is 2. The van der Waals surface area contributed by atoms with E-state index in [0.29, 0.717) is 37.7 Å². The average molecular weight is 567 g/mol. The van der Waals surface area contributed by atoms with Gasteiger partial charge in [-0.25, -0.2) is 15.0 Å². The minimum Gasteiger partial charge on any atom is -0.387 e. The van der Waals surface area contributed by atoms with Gasteiger partial charge in [-0.1, -0.05) is 0 Å². The highest BCUT2D eigenvalue weighted by molar-refractivity contribution is 6.09. The van der Waals surface area contributed by atoms with E-state index in [0.717, 1.165) is 4.57 Å². The normalized spacial score (nSPS) is 21.1. The molecule has 0 bridgehead atoms. The molecular weight excluding hydrogens is 533 g/mol. The van der Waals surface area contributed by atoms with Gasteiger partial charge in [-0.15, -0.1) is 0 Å². The molecule has 1 amide bonds. The van der Waals surface area contributed by atoms with Crippen LogP contribution in [0.25, 0.3) is 16.7 Å². The van der Waals surface area contributed by atoms with E-state index in [9.17, 15) is 23.1 Å². The zero-order valence-electron chi connectivity index (χ0n) is 22.4. The fourth-order valence-corrected chi connectivity index (χ4v) is 5.12. The van der Waals surface area contributed by atoms with Gasteiger partial charge in [0, 0.05) is 50.7 Å². The van der Waals surface area contributed by atoms with Crippen molar-refractivity contribution in [3.05, 3.63) is 12.0 Å². The quantitative estimate of drug-likeness (QED) is 0.440. The molecule has 2 aromatic heterocycles. The lowest BCUT2D eigenvalue weighted by Gasteiger charge is -2.44. The molecule has 218 valence electrons. The Hall–Kier alpha value is -3.63. The summed E-state index contributed by atoms with van der Waals surface area (Å²) in [6.07, 6.45) is -1.83. The third kappa shape index (κ3) is 6.23. The number of aliphatic hydroxyl groups is 1. The summed E-state index contributed by atoms with van der Waals surface area (Å²) in [5.74, 6) is 0.0688. The topological polar surface area (TPSA) is 151 Å². The summed E-state index contributed by atoms with van der Waals surface area (Å²) in [6.45, 7) is 7.16. The molecule has 2 aliphatic rings. The first-order valence-electron chi connectivity index (χ1n) is 12.8. The van der Waals surface area contributed by atoms with E-state index in [1.165, 1.54) is 12.4 Å². The number of fused-ring (bicyclic) bond motifs is 1. The molecule has 0 saturated carbocycles. The second-order valence-corrected chi connectivity index (χ2v) is 9.58. The van der Waals surface area contributed by atoms with Crippen LogP contribution in [0.3, 0.4) is 0 Å². The molecule has 0 radical (unpaired) electrons. The highest BCUT2D eigenvalue weighted by Gasteiger charge is 2.38. The van der Waals surface area contributed by atoms with E-state index >= 15 is 0 Å². The molecule has 13 nitrogen and oxygen atoms in total. The van der Waals surface area contributed by atoms with Crippen LogP contribution in [0.1, 0.15) is 19.7 Å². The largest absolute Gasteiger partial charge is 0.406 e. The Kier molecular flexibility index (Phi) is 9.00. The summed E-state index contributed by atoms with van der Waals surface area (Å²) in [7, 11) is 0. The number of carbonyl (C=O) groups is 1. The number of ether oxygens (including phenoxy) is 1. The van der Waals surface area contributed by atoms with Crippen LogP contribution < -0.4 is 15.5 Å². The SMILES string of the molecule is C=N/C=C(\C=N/CN)c1nc(N2CCOCC2)c2nc(N3CC(C)N(C(=O)CO)C(C)C3)n(CC(F)(F)F)c2n1. The van der Waals surface area contributed by atoms with Crippen molar-refractivity contribution in [3.8, 4) is 0 Å². The Balaban J connectivity index is 1.92. The van der Waals surface area contributed by atoms with Gasteiger partial charge in [0.1, 0.15) is 13.2 Å². The Labute approximate surface area is 228 Å². The number of rotatable bonds is 8. The molecule has 0 aliphatic carbocycles. The lowest BCUT2D eigenvalue weighted by molar-refractivity contribution is -0.139. The van der Waals surface area contributed by atoms with Crippen molar-refractivity contribution in [2.45, 2.75) is 38.7 Å². The summed E-state index contributed by atoms with van der Waals surface area (Å²) < 4.78 is 48.4. The Bertz CT molecular complexity index is 1280. The first-order valence-corrected chi connectivity index (χ1v) is 12.8. The number of anilines is 2. The number of carbonyl (C=O) groups excluding carboxylic acids is 1. The maximum absolute atomic E-state index is 14.0. The minimum absolute atomic E-state index is 0.0101. The maximum atomic E-state index is 14.0. The number of aromatic nitrogens is 4. The van der Waals surface area contributed by atoms with E-state index in [-0.39, 0.29) is 54.8 Å². The van der Waals surface area contributed by atoms with Crippen molar-refractivity contribution in [1.82, 2.24) is 24.4 Å². The first-order chi connectivity index (χ1) is 19.1. The molecule has 2 aliphatic heterocycles. The molecule has 2 saturated heterocycles. The van der Waals surface area contributed by atoms with Gasteiger partial charge in [0.05, 0.1) is 25.5 Å². The van der Waals surface area contributed by atoms with Crippen LogP contribution in [-0.4, -0.2) is 119 Å². The summed E-state index contributed by atoms with van der Waals surface area (Å²) in [5.41, 5.74) is 6.03. The van der Waals surface area contributed by atoms with Crippen LogP contribution in [-0.2, 0) is 16.1 Å². The number of allylic oxidation sites excluding steroid dienone is 1. The summed E-state index contributed by atoms with van der Waals surface area (Å²) >= 11 is 0. The number of nitrogens with two attached hydrogens (primary N) is 1. The number of nitrogens with zero attached hydrogens (tertiary/aromatic N) is 9. The molecular formula is C24H33F3N10O3. The number of alkyl halides is 3. The lowest BCUT2D eigenvalue weighted by atomic mass is 10.1. The van der Waals surface area contributed by atoms with Crippen LogP contribution in [0.15, 0.2) is 16.2 Å². The zero-order chi connectivity index (χ0) is 29.0. The number of amides is 1. The smallest absolute Gasteiger partial charge is 0.387 e. The molecule has 3 N–H and O–H groups in total. The van der Waals surface area contributed by atoms with Crippen molar-refractivity contribution >= 4 is 47.3 Å². The Morgan fingerprint density at radius 3 is 2.42 bits per heavy atom. The number of imidazole rings is 1. The van der Waals surface area contributed by atoms with Gasteiger partial charge in [-0.05, 0) is 20.6 Å². The van der Waals surface area contributed by atoms with Gasteiger partial charge in [0.2, 0.25) is 11.9 Å². The number of hydrogen-bond acceptors (Lipinski definition) is 11. The number of halogens is 3. The number of aliphatic imine (C=N–C) groups is 2. The molecule has 2 unspecified atom stereocenters. The molecule has 2 atom stereocenters. The monoisotopic (exact) mass is 566 g/mol.